The zero-order valence-corrected chi connectivity index (χ0v) is 19.4. The van der Waals surface area contributed by atoms with Crippen molar-refractivity contribution < 1.29 is 32.0 Å². The smallest absolute Gasteiger partial charge is 0.290 e. The number of ether oxygens (including phenoxy) is 1. The summed E-state index contributed by atoms with van der Waals surface area (Å²) in [7, 11) is -4.04. The molecule has 1 aromatic carbocycles. The fourth-order valence-corrected chi connectivity index (χ4v) is 7.73. The van der Waals surface area contributed by atoms with Crippen LogP contribution >= 0.6 is 0 Å². The predicted molar refractivity (Wildman–Crippen MR) is 124 cm³/mol. The largest absolute Gasteiger partial charge is 0.504 e. The fourth-order valence-electron chi connectivity index (χ4n) is 6.80. The Morgan fingerprint density at radius 2 is 2.15 bits per heavy atom. The van der Waals surface area contributed by atoms with Gasteiger partial charge in [-0.05, 0) is 56.0 Å². The molecule has 2 aliphatic carbocycles. The van der Waals surface area contributed by atoms with Crippen molar-refractivity contribution >= 4 is 16.2 Å². The number of aromatic hydroxyl groups is 1. The Morgan fingerprint density at radius 3 is 2.91 bits per heavy atom. The lowest BCUT2D eigenvalue weighted by Crippen LogP contribution is -2.77. The molecule has 2 bridgehead atoms. The van der Waals surface area contributed by atoms with E-state index in [1.807, 2.05) is 12.1 Å². The minimum absolute atomic E-state index is 0.00157. The van der Waals surface area contributed by atoms with Gasteiger partial charge in [0.05, 0.1) is 29.0 Å². The number of hydrogen-bond acceptors (Lipinski definition) is 8. The molecule has 5 atom stereocenters. The van der Waals surface area contributed by atoms with Crippen molar-refractivity contribution in [3.8, 4) is 11.5 Å². The summed E-state index contributed by atoms with van der Waals surface area (Å²) in [6, 6.07) is 4.99. The van der Waals surface area contributed by atoms with Crippen LogP contribution in [0, 0.1) is 0 Å². The average molecular weight is 486 g/mol. The summed E-state index contributed by atoms with van der Waals surface area (Å²) in [5.41, 5.74) is 0.439. The van der Waals surface area contributed by atoms with Gasteiger partial charge in [0.15, 0.2) is 11.5 Å². The molecule has 1 saturated carbocycles. The van der Waals surface area contributed by atoms with Gasteiger partial charge >= 0.3 is 0 Å². The van der Waals surface area contributed by atoms with E-state index in [2.05, 4.69) is 11.5 Å². The van der Waals surface area contributed by atoms with Crippen LogP contribution in [0.15, 0.2) is 53.2 Å². The zero-order valence-electron chi connectivity index (χ0n) is 18.6. The maximum absolute atomic E-state index is 12.8. The summed E-state index contributed by atoms with van der Waals surface area (Å²) >= 11 is 0. The number of furan rings is 1. The minimum atomic E-state index is -4.04. The van der Waals surface area contributed by atoms with Gasteiger partial charge in [-0.1, -0.05) is 12.1 Å². The molecule has 2 aliphatic heterocycles. The Morgan fingerprint density at radius 1 is 1.29 bits per heavy atom. The maximum Gasteiger partial charge on any atom is 0.290 e. The van der Waals surface area contributed by atoms with Gasteiger partial charge in [0.2, 0.25) is 0 Å². The topological polar surface area (TPSA) is 109 Å². The number of hydrogen-bond donors (Lipinski definition) is 2. The highest BCUT2D eigenvalue weighted by Gasteiger charge is 2.73. The highest BCUT2D eigenvalue weighted by atomic mass is 32.2. The average Bonchev–Trinajstić information content (AvgIpc) is 3.43. The Hall–Kier alpha value is -2.59. The molecular weight excluding hydrogens is 458 g/mol. The molecule has 1 spiro atoms. The van der Waals surface area contributed by atoms with E-state index in [9.17, 15) is 18.6 Å². The van der Waals surface area contributed by atoms with Crippen LogP contribution < -0.4 is 4.74 Å². The van der Waals surface area contributed by atoms with Crippen LogP contribution in [0.2, 0.25) is 0 Å². The lowest BCUT2D eigenvalue weighted by Gasteiger charge is -2.63. The highest BCUT2D eigenvalue weighted by Crippen LogP contribution is 2.65. The van der Waals surface area contributed by atoms with E-state index in [0.717, 1.165) is 16.5 Å². The Labute approximate surface area is 198 Å². The molecule has 8 nitrogen and oxygen atoms in total. The summed E-state index contributed by atoms with van der Waals surface area (Å²) in [6.45, 7) is 5.23. The van der Waals surface area contributed by atoms with E-state index in [-0.39, 0.29) is 11.8 Å². The van der Waals surface area contributed by atoms with E-state index in [1.165, 1.54) is 18.6 Å². The number of rotatable bonds is 6. The minimum Gasteiger partial charge on any atom is -0.504 e. The highest BCUT2D eigenvalue weighted by molar-refractivity contribution is 7.89. The summed E-state index contributed by atoms with van der Waals surface area (Å²) in [4.78, 5) is 2.24. The molecule has 1 aromatic heterocycles. The Bertz CT molecular complexity index is 1270. The van der Waals surface area contributed by atoms with Gasteiger partial charge in [-0.15, -0.1) is 6.58 Å². The van der Waals surface area contributed by atoms with Gasteiger partial charge < -0.3 is 19.4 Å². The lowest BCUT2D eigenvalue weighted by atomic mass is 9.48. The summed E-state index contributed by atoms with van der Waals surface area (Å²) in [6.07, 6.45) is 6.48. The Balaban J connectivity index is 1.41. The second kappa shape index (κ2) is 7.45. The zero-order chi connectivity index (χ0) is 23.7. The van der Waals surface area contributed by atoms with Crippen LogP contribution in [0.1, 0.15) is 36.0 Å². The summed E-state index contributed by atoms with van der Waals surface area (Å²) < 4.78 is 42.7. The molecule has 6 rings (SSSR count). The standard InChI is InChI=1S/C25H27NO7S/c1-2-10-26-11-9-24-21-17-3-4-18(27)22(21)32-23(24)19(5-8-25(24,28)20(26)14-17)33-34(29,30)13-7-16-6-12-31-15-16/h2-4,6-7,12-13,15,19-20,23,27-28H,1,5,8-11,14H2/t19-,20-,23+,24+,25-/m1/s1. The van der Waals surface area contributed by atoms with Crippen LogP contribution in [0.3, 0.4) is 0 Å². The van der Waals surface area contributed by atoms with Crippen molar-refractivity contribution in [3.05, 3.63) is 65.5 Å². The lowest BCUT2D eigenvalue weighted by molar-refractivity contribution is -0.202. The van der Waals surface area contributed by atoms with Gasteiger partial charge in [0, 0.05) is 23.7 Å². The monoisotopic (exact) mass is 485 g/mol. The maximum atomic E-state index is 12.8. The van der Waals surface area contributed by atoms with Crippen molar-refractivity contribution in [1.29, 1.82) is 0 Å². The third-order valence-electron chi connectivity index (χ3n) is 8.11. The van der Waals surface area contributed by atoms with E-state index >= 15 is 0 Å². The number of likely N-dealkylation sites (tertiary alicyclic amines) is 1. The molecule has 0 unspecified atom stereocenters. The molecule has 2 fully saturated rings. The molecule has 9 heteroatoms. The quantitative estimate of drug-likeness (QED) is 0.475. The van der Waals surface area contributed by atoms with Crippen LogP contribution in [0.25, 0.3) is 6.08 Å². The number of benzene rings is 1. The fraction of sp³-hybridized carbons (Fsp3) is 0.440. The molecule has 2 aromatic rings. The summed E-state index contributed by atoms with van der Waals surface area (Å²) in [5, 5.41) is 23.9. The number of phenolic OH excluding ortho intramolecular Hbond substituents is 1. The van der Waals surface area contributed by atoms with Crippen LogP contribution in [-0.4, -0.2) is 60.5 Å². The van der Waals surface area contributed by atoms with E-state index in [0.29, 0.717) is 50.1 Å². The van der Waals surface area contributed by atoms with E-state index in [4.69, 9.17) is 13.3 Å². The molecule has 0 radical (unpaired) electrons. The van der Waals surface area contributed by atoms with Crippen LogP contribution in [0.4, 0.5) is 0 Å². The van der Waals surface area contributed by atoms with Crippen molar-refractivity contribution in [2.45, 2.75) is 54.9 Å². The normalized spacial score (nSPS) is 34.1. The number of piperidine rings is 1. The number of phenols is 1. The molecule has 1 saturated heterocycles. The van der Waals surface area contributed by atoms with E-state index in [1.54, 1.807) is 12.1 Å². The van der Waals surface area contributed by atoms with Crippen molar-refractivity contribution in [2.75, 3.05) is 13.1 Å². The van der Waals surface area contributed by atoms with Gasteiger partial charge in [-0.2, -0.15) is 8.42 Å². The molecule has 180 valence electrons. The van der Waals surface area contributed by atoms with Crippen molar-refractivity contribution in [3.63, 3.8) is 0 Å². The number of nitrogens with zero attached hydrogens (tertiary/aromatic N) is 1. The van der Waals surface area contributed by atoms with Gasteiger partial charge in [0.25, 0.3) is 10.1 Å². The SMILES string of the molecule is C=CCN1CC[C@]23c4c5ccc(O)c4O[C@H]2[C@H](OS(=O)(=O)C=Cc2ccoc2)CC[C@@]3(O)[C@H]1C5. The molecule has 2 N–H and O–H groups in total. The first-order chi connectivity index (χ1) is 16.3. The first kappa shape index (κ1) is 21.9. The molecule has 34 heavy (non-hydrogen) atoms. The first-order valence-electron chi connectivity index (χ1n) is 11.5. The van der Waals surface area contributed by atoms with Crippen LogP contribution in [0.5, 0.6) is 11.5 Å². The molecule has 4 aliphatic rings. The van der Waals surface area contributed by atoms with E-state index < -0.39 is 33.3 Å². The first-order valence-corrected chi connectivity index (χ1v) is 13.0. The molecule has 0 amide bonds. The molecular formula is C25H27NO7S. The van der Waals surface area contributed by atoms with Crippen molar-refractivity contribution in [1.82, 2.24) is 4.90 Å². The molecule has 3 heterocycles. The van der Waals surface area contributed by atoms with Crippen LogP contribution in [-0.2, 0) is 26.1 Å². The van der Waals surface area contributed by atoms with Gasteiger partial charge in [0.1, 0.15) is 12.2 Å². The second-order valence-corrected chi connectivity index (χ2v) is 11.1. The predicted octanol–water partition coefficient (Wildman–Crippen LogP) is 2.71. The number of aliphatic hydroxyl groups is 1. The summed E-state index contributed by atoms with van der Waals surface area (Å²) in [5.74, 6) is 0.344. The van der Waals surface area contributed by atoms with Gasteiger partial charge in [-0.25, -0.2) is 0 Å². The third-order valence-corrected chi connectivity index (χ3v) is 9.10. The third kappa shape index (κ3) is 2.90. The Kier molecular flexibility index (Phi) is 4.80. The van der Waals surface area contributed by atoms with Crippen molar-refractivity contribution in [2.24, 2.45) is 0 Å². The van der Waals surface area contributed by atoms with Gasteiger partial charge in [-0.3, -0.25) is 9.08 Å². The second-order valence-electron chi connectivity index (χ2n) is 9.66.